The molecule has 0 bridgehead atoms. The molecular weight excluding hydrogens is 200 g/mol. The Labute approximate surface area is 97.9 Å². The summed E-state index contributed by atoms with van der Waals surface area (Å²) in [6.07, 6.45) is 3.45. The third-order valence-electron chi connectivity index (χ3n) is 2.60. The Hall–Kier alpha value is -1.29. The van der Waals surface area contributed by atoms with E-state index in [0.29, 0.717) is 11.7 Å². The summed E-state index contributed by atoms with van der Waals surface area (Å²) >= 11 is 0. The number of nitrogens with zero attached hydrogens (tertiary/aromatic N) is 2. The third-order valence-corrected chi connectivity index (χ3v) is 2.60. The second kappa shape index (κ2) is 6.33. The van der Waals surface area contributed by atoms with Crippen LogP contribution in [-0.4, -0.2) is 35.6 Å². The molecule has 0 amide bonds. The predicted molar refractivity (Wildman–Crippen MR) is 69.5 cm³/mol. The van der Waals surface area contributed by atoms with Gasteiger partial charge in [-0.3, -0.25) is 4.98 Å². The lowest BCUT2D eigenvalue weighted by atomic mass is 10.2. The largest absolute Gasteiger partial charge is 0.397 e. The summed E-state index contributed by atoms with van der Waals surface area (Å²) < 4.78 is 0. The van der Waals surface area contributed by atoms with E-state index in [2.05, 4.69) is 36.0 Å². The molecule has 0 aromatic carbocycles. The zero-order valence-corrected chi connectivity index (χ0v) is 10.4. The highest BCUT2D eigenvalue weighted by Gasteiger charge is 2.06. The number of likely N-dealkylation sites (N-methyl/N-ethyl adjacent to an activating group) is 1. The first-order chi connectivity index (χ1) is 7.65. The van der Waals surface area contributed by atoms with E-state index in [4.69, 9.17) is 5.73 Å². The maximum atomic E-state index is 5.68. The van der Waals surface area contributed by atoms with Crippen molar-refractivity contribution in [3.63, 3.8) is 0 Å². The first-order valence-electron chi connectivity index (χ1n) is 5.85. The summed E-state index contributed by atoms with van der Waals surface area (Å²) in [5.41, 5.74) is 7.36. The van der Waals surface area contributed by atoms with Crippen molar-refractivity contribution in [2.45, 2.75) is 26.8 Å². The molecule has 1 heterocycles. The lowest BCUT2D eigenvalue weighted by Gasteiger charge is -2.24. The first kappa shape index (κ1) is 12.8. The van der Waals surface area contributed by atoms with E-state index in [-0.39, 0.29) is 0 Å². The molecule has 0 aliphatic carbocycles. The Balaban J connectivity index is 2.47. The zero-order valence-electron chi connectivity index (χ0n) is 10.4. The molecule has 4 nitrogen and oxygen atoms in total. The monoisotopic (exact) mass is 222 g/mol. The average molecular weight is 222 g/mol. The molecule has 1 unspecified atom stereocenters. The van der Waals surface area contributed by atoms with Crippen LogP contribution >= 0.6 is 0 Å². The van der Waals surface area contributed by atoms with Crippen molar-refractivity contribution in [2.24, 2.45) is 0 Å². The molecule has 0 saturated heterocycles. The summed E-state index contributed by atoms with van der Waals surface area (Å²) in [5, 5.41) is 3.40. The summed E-state index contributed by atoms with van der Waals surface area (Å²) in [6, 6.07) is 2.30. The maximum Gasteiger partial charge on any atom is 0.0549 e. The Kier molecular flexibility index (Phi) is 5.05. The van der Waals surface area contributed by atoms with Crippen LogP contribution in [-0.2, 0) is 0 Å². The molecule has 1 aromatic heterocycles. The van der Waals surface area contributed by atoms with Gasteiger partial charge in [-0.1, -0.05) is 13.8 Å². The van der Waals surface area contributed by atoms with Crippen molar-refractivity contribution in [1.29, 1.82) is 0 Å². The van der Waals surface area contributed by atoms with Gasteiger partial charge in [0.05, 0.1) is 17.6 Å². The Morgan fingerprint density at radius 1 is 1.38 bits per heavy atom. The third kappa shape index (κ3) is 4.06. The van der Waals surface area contributed by atoms with E-state index in [1.165, 1.54) is 0 Å². The van der Waals surface area contributed by atoms with Crippen LogP contribution < -0.4 is 11.1 Å². The number of nitrogen functional groups attached to an aromatic ring is 1. The fraction of sp³-hybridized carbons (Fsp3) is 0.583. The van der Waals surface area contributed by atoms with E-state index in [1.807, 2.05) is 6.07 Å². The number of nitrogens with two attached hydrogens (primary N) is 1. The van der Waals surface area contributed by atoms with Gasteiger partial charge in [-0.2, -0.15) is 0 Å². The highest BCUT2D eigenvalue weighted by Crippen LogP contribution is 2.11. The van der Waals surface area contributed by atoms with E-state index in [1.54, 1.807) is 12.4 Å². The minimum Gasteiger partial charge on any atom is -0.397 e. The molecule has 4 heteroatoms. The van der Waals surface area contributed by atoms with Crippen LogP contribution in [0.1, 0.15) is 20.8 Å². The summed E-state index contributed by atoms with van der Waals surface area (Å²) in [7, 11) is 0. The van der Waals surface area contributed by atoms with Gasteiger partial charge >= 0.3 is 0 Å². The lowest BCUT2D eigenvalue weighted by molar-refractivity contribution is 0.295. The van der Waals surface area contributed by atoms with Crippen LogP contribution in [0.5, 0.6) is 0 Å². The highest BCUT2D eigenvalue weighted by atomic mass is 15.1. The first-order valence-corrected chi connectivity index (χ1v) is 5.85. The molecule has 1 aromatic rings. The molecule has 3 N–H and O–H groups in total. The quantitative estimate of drug-likeness (QED) is 0.770. The minimum absolute atomic E-state index is 0.392. The van der Waals surface area contributed by atoms with Crippen molar-refractivity contribution in [3.8, 4) is 0 Å². The Bertz CT molecular complexity index is 310. The SMILES string of the molecule is CCN(CC)CC(C)Nc1cncc(N)c1. The Morgan fingerprint density at radius 3 is 2.62 bits per heavy atom. The lowest BCUT2D eigenvalue weighted by Crippen LogP contribution is -2.34. The predicted octanol–water partition coefficient (Wildman–Crippen LogP) is 1.81. The van der Waals surface area contributed by atoms with Gasteiger partial charge < -0.3 is 16.0 Å². The molecule has 0 radical (unpaired) electrons. The van der Waals surface area contributed by atoms with E-state index in [9.17, 15) is 0 Å². The van der Waals surface area contributed by atoms with E-state index in [0.717, 1.165) is 25.3 Å². The van der Waals surface area contributed by atoms with Gasteiger partial charge in [0.1, 0.15) is 0 Å². The number of pyridine rings is 1. The molecule has 0 aliphatic heterocycles. The maximum absolute atomic E-state index is 5.68. The van der Waals surface area contributed by atoms with Crippen LogP contribution in [0.25, 0.3) is 0 Å². The topological polar surface area (TPSA) is 54.2 Å². The molecule has 0 saturated carbocycles. The smallest absolute Gasteiger partial charge is 0.0549 e. The van der Waals surface area contributed by atoms with Gasteiger partial charge in [-0.15, -0.1) is 0 Å². The van der Waals surface area contributed by atoms with Gasteiger partial charge in [-0.05, 0) is 26.1 Å². The normalized spacial score (nSPS) is 12.8. The number of hydrogen-bond acceptors (Lipinski definition) is 4. The molecule has 16 heavy (non-hydrogen) atoms. The molecule has 1 rings (SSSR count). The molecular formula is C12H22N4. The van der Waals surface area contributed by atoms with Crippen molar-refractivity contribution in [2.75, 3.05) is 30.7 Å². The average Bonchev–Trinajstić information content (AvgIpc) is 2.26. The molecule has 0 aliphatic rings. The number of nitrogens with one attached hydrogen (secondary N) is 1. The van der Waals surface area contributed by atoms with Crippen molar-refractivity contribution >= 4 is 11.4 Å². The second-order valence-corrected chi connectivity index (χ2v) is 4.04. The number of anilines is 2. The highest BCUT2D eigenvalue weighted by molar-refractivity contribution is 5.51. The van der Waals surface area contributed by atoms with Crippen molar-refractivity contribution in [1.82, 2.24) is 9.88 Å². The van der Waals surface area contributed by atoms with Crippen LogP contribution in [0.2, 0.25) is 0 Å². The van der Waals surface area contributed by atoms with Gasteiger partial charge in [-0.25, -0.2) is 0 Å². The minimum atomic E-state index is 0.392. The van der Waals surface area contributed by atoms with Crippen LogP contribution in [0.4, 0.5) is 11.4 Å². The van der Waals surface area contributed by atoms with Crippen LogP contribution in [0.3, 0.4) is 0 Å². The number of rotatable bonds is 6. The molecule has 1 atom stereocenters. The summed E-state index contributed by atoms with van der Waals surface area (Å²) in [4.78, 5) is 6.44. The number of hydrogen-bond donors (Lipinski definition) is 2. The summed E-state index contributed by atoms with van der Waals surface area (Å²) in [5.74, 6) is 0. The standard InChI is InChI=1S/C12H22N4/c1-4-16(5-2)9-10(3)15-12-6-11(13)7-14-8-12/h6-8,10,15H,4-5,9,13H2,1-3H3. The molecule has 90 valence electrons. The fourth-order valence-electron chi connectivity index (χ4n) is 1.74. The Morgan fingerprint density at radius 2 is 2.06 bits per heavy atom. The van der Waals surface area contributed by atoms with Gasteiger partial charge in [0.25, 0.3) is 0 Å². The molecule has 0 fully saturated rings. The van der Waals surface area contributed by atoms with Crippen LogP contribution in [0.15, 0.2) is 18.5 Å². The molecule has 0 spiro atoms. The van der Waals surface area contributed by atoms with Crippen LogP contribution in [0, 0.1) is 0 Å². The fourth-order valence-corrected chi connectivity index (χ4v) is 1.74. The van der Waals surface area contributed by atoms with Crippen molar-refractivity contribution < 1.29 is 0 Å². The van der Waals surface area contributed by atoms with E-state index < -0.39 is 0 Å². The number of aromatic nitrogens is 1. The van der Waals surface area contributed by atoms with Gasteiger partial charge in [0.15, 0.2) is 0 Å². The van der Waals surface area contributed by atoms with Gasteiger partial charge in [0, 0.05) is 18.8 Å². The summed E-state index contributed by atoms with van der Waals surface area (Å²) in [6.45, 7) is 9.72. The van der Waals surface area contributed by atoms with Crippen molar-refractivity contribution in [3.05, 3.63) is 18.5 Å². The zero-order chi connectivity index (χ0) is 12.0. The van der Waals surface area contributed by atoms with Gasteiger partial charge in [0.2, 0.25) is 0 Å². The second-order valence-electron chi connectivity index (χ2n) is 4.04. The van der Waals surface area contributed by atoms with E-state index >= 15 is 0 Å².